The number of nitrogens with two attached hydrogens (primary N) is 1. The SMILES string of the molecule is CC(C)(O)O.CN1CCC2(CCCN2C[C@@H]2CC[C@H](c3ccc4c(N)ncnn34)O2)CC1. The second kappa shape index (κ2) is 9.23. The summed E-state index contributed by atoms with van der Waals surface area (Å²) >= 11 is 0. The molecule has 3 aliphatic heterocycles. The number of ether oxygens (including phenoxy) is 1. The molecule has 32 heavy (non-hydrogen) atoms. The van der Waals surface area contributed by atoms with Crippen LogP contribution in [0.3, 0.4) is 0 Å². The van der Waals surface area contributed by atoms with E-state index in [1.807, 2.05) is 10.6 Å². The van der Waals surface area contributed by atoms with Crippen LogP contribution in [0.25, 0.3) is 5.52 Å². The average molecular weight is 447 g/mol. The molecule has 0 aliphatic carbocycles. The largest absolute Gasteiger partial charge is 0.382 e. The summed E-state index contributed by atoms with van der Waals surface area (Å²) < 4.78 is 8.39. The van der Waals surface area contributed by atoms with Crippen molar-refractivity contribution in [1.82, 2.24) is 24.4 Å². The summed E-state index contributed by atoms with van der Waals surface area (Å²) in [7, 11) is 2.25. The molecule has 0 radical (unpaired) electrons. The molecule has 2 aromatic heterocycles. The van der Waals surface area contributed by atoms with Crippen LogP contribution in [0, 0.1) is 0 Å². The van der Waals surface area contributed by atoms with E-state index in [9.17, 15) is 0 Å². The number of aliphatic hydroxyl groups is 2. The summed E-state index contributed by atoms with van der Waals surface area (Å²) in [6, 6.07) is 4.08. The minimum absolute atomic E-state index is 0.0999. The lowest BCUT2D eigenvalue weighted by atomic mass is 9.85. The molecule has 4 N–H and O–H groups in total. The molecule has 0 amide bonds. The molecule has 5 rings (SSSR count). The van der Waals surface area contributed by atoms with E-state index in [4.69, 9.17) is 20.7 Å². The van der Waals surface area contributed by atoms with Gasteiger partial charge in [-0.1, -0.05) is 0 Å². The first-order chi connectivity index (χ1) is 15.1. The monoisotopic (exact) mass is 446 g/mol. The summed E-state index contributed by atoms with van der Waals surface area (Å²) in [4.78, 5) is 9.30. The fourth-order valence-electron chi connectivity index (χ4n) is 5.40. The first kappa shape index (κ1) is 23.4. The van der Waals surface area contributed by atoms with Gasteiger partial charge in [0, 0.05) is 12.1 Å². The summed E-state index contributed by atoms with van der Waals surface area (Å²) in [6.45, 7) is 7.34. The van der Waals surface area contributed by atoms with Gasteiger partial charge in [0.15, 0.2) is 11.6 Å². The van der Waals surface area contributed by atoms with Gasteiger partial charge in [-0.15, -0.1) is 0 Å². The molecule has 5 heterocycles. The van der Waals surface area contributed by atoms with Crippen molar-refractivity contribution in [2.24, 2.45) is 0 Å². The van der Waals surface area contributed by atoms with Gasteiger partial charge < -0.3 is 25.6 Å². The van der Waals surface area contributed by atoms with E-state index in [-0.39, 0.29) is 6.10 Å². The van der Waals surface area contributed by atoms with Gasteiger partial charge in [-0.05, 0) is 91.2 Å². The topological polar surface area (TPSA) is 112 Å². The van der Waals surface area contributed by atoms with E-state index in [0.29, 0.717) is 17.5 Å². The zero-order valence-corrected chi connectivity index (χ0v) is 19.6. The minimum Gasteiger partial charge on any atom is -0.382 e. The molecular formula is C23H38N6O3. The summed E-state index contributed by atoms with van der Waals surface area (Å²) in [5.41, 5.74) is 8.36. The molecule has 1 spiro atoms. The number of nitrogens with zero attached hydrogens (tertiary/aromatic N) is 5. The molecule has 2 atom stereocenters. The van der Waals surface area contributed by atoms with Gasteiger partial charge in [-0.2, -0.15) is 5.10 Å². The van der Waals surface area contributed by atoms with Crippen LogP contribution in [-0.2, 0) is 4.74 Å². The Morgan fingerprint density at radius 1 is 1.16 bits per heavy atom. The highest BCUT2D eigenvalue weighted by Gasteiger charge is 2.44. The highest BCUT2D eigenvalue weighted by atomic mass is 16.5. The van der Waals surface area contributed by atoms with Crippen LogP contribution in [0.5, 0.6) is 0 Å². The lowest BCUT2D eigenvalue weighted by Gasteiger charge is -2.45. The van der Waals surface area contributed by atoms with Crippen molar-refractivity contribution < 1.29 is 14.9 Å². The standard InChI is InChI=1S/C20H30N6O.C3H8O2/c1-24-11-8-20(9-12-24)7-2-10-25(20)13-15-3-6-18(27-15)16-4-5-17-19(21)22-14-23-26(16)17;1-3(2,4)5/h4-5,14-15,18H,2-3,6-13H2,1H3,(H2,21,22,23);4-5H,1-2H3/t15-,18+;/m0./s1. The van der Waals surface area contributed by atoms with Crippen molar-refractivity contribution in [2.75, 3.05) is 39.0 Å². The van der Waals surface area contributed by atoms with E-state index in [1.165, 1.54) is 65.5 Å². The molecule has 9 nitrogen and oxygen atoms in total. The Morgan fingerprint density at radius 2 is 1.88 bits per heavy atom. The third kappa shape index (κ3) is 5.23. The average Bonchev–Trinajstić information content (AvgIpc) is 3.43. The van der Waals surface area contributed by atoms with Gasteiger partial charge in [0.05, 0.1) is 11.8 Å². The van der Waals surface area contributed by atoms with Gasteiger partial charge in [0.1, 0.15) is 17.9 Å². The molecule has 2 aromatic rings. The van der Waals surface area contributed by atoms with Crippen LogP contribution in [0.4, 0.5) is 5.82 Å². The maximum atomic E-state index is 8.08. The molecule has 178 valence electrons. The molecular weight excluding hydrogens is 408 g/mol. The van der Waals surface area contributed by atoms with E-state index >= 15 is 0 Å². The second-order valence-corrected chi connectivity index (χ2v) is 10.1. The normalized spacial score (nSPS) is 26.5. The Morgan fingerprint density at radius 3 is 2.59 bits per heavy atom. The predicted octanol–water partition coefficient (Wildman–Crippen LogP) is 1.80. The Bertz CT molecular complexity index is 897. The lowest BCUT2D eigenvalue weighted by molar-refractivity contribution is -0.127. The Hall–Kier alpha value is -1.78. The predicted molar refractivity (Wildman–Crippen MR) is 123 cm³/mol. The number of hydrogen-bond acceptors (Lipinski definition) is 8. The smallest absolute Gasteiger partial charge is 0.156 e. The highest BCUT2D eigenvalue weighted by Crippen LogP contribution is 2.40. The number of likely N-dealkylation sites (tertiary alicyclic amines) is 2. The van der Waals surface area contributed by atoms with Crippen molar-refractivity contribution in [3.05, 3.63) is 24.2 Å². The van der Waals surface area contributed by atoms with Crippen LogP contribution in [0.15, 0.2) is 18.5 Å². The number of fused-ring (bicyclic) bond motifs is 1. The number of nitrogen functional groups attached to an aromatic ring is 1. The number of anilines is 1. The van der Waals surface area contributed by atoms with Gasteiger partial charge in [-0.25, -0.2) is 9.50 Å². The minimum atomic E-state index is -1.50. The second-order valence-electron chi connectivity index (χ2n) is 10.1. The van der Waals surface area contributed by atoms with Crippen molar-refractivity contribution in [2.45, 2.75) is 75.9 Å². The molecule has 0 saturated carbocycles. The molecule has 9 heteroatoms. The van der Waals surface area contributed by atoms with Gasteiger partial charge in [0.25, 0.3) is 0 Å². The zero-order valence-electron chi connectivity index (χ0n) is 19.6. The van der Waals surface area contributed by atoms with E-state index in [1.54, 1.807) is 0 Å². The lowest BCUT2D eigenvalue weighted by Crippen LogP contribution is -2.53. The molecule has 3 saturated heterocycles. The van der Waals surface area contributed by atoms with Crippen LogP contribution in [0.1, 0.15) is 64.2 Å². The third-order valence-corrected chi connectivity index (χ3v) is 7.03. The maximum Gasteiger partial charge on any atom is 0.156 e. The first-order valence-electron chi connectivity index (χ1n) is 11.8. The number of rotatable bonds is 3. The van der Waals surface area contributed by atoms with E-state index in [0.717, 1.165) is 30.6 Å². The Balaban J connectivity index is 0.000000444. The van der Waals surface area contributed by atoms with Gasteiger partial charge in [-0.3, -0.25) is 4.90 Å². The Labute approximate surface area is 190 Å². The van der Waals surface area contributed by atoms with Gasteiger partial charge >= 0.3 is 0 Å². The molecule has 3 aliphatic rings. The van der Waals surface area contributed by atoms with Crippen molar-refractivity contribution in [3.8, 4) is 0 Å². The molecule has 3 fully saturated rings. The zero-order chi connectivity index (χ0) is 22.9. The van der Waals surface area contributed by atoms with Crippen LogP contribution in [-0.4, -0.2) is 85.3 Å². The summed E-state index contributed by atoms with van der Waals surface area (Å²) in [6.07, 6.45) is 9.40. The fraction of sp³-hybridized carbons (Fsp3) is 0.739. The number of piperidine rings is 1. The van der Waals surface area contributed by atoms with Crippen molar-refractivity contribution in [1.29, 1.82) is 0 Å². The molecule has 0 bridgehead atoms. The number of aromatic nitrogens is 3. The Kier molecular flexibility index (Phi) is 6.74. The van der Waals surface area contributed by atoms with Crippen molar-refractivity contribution in [3.63, 3.8) is 0 Å². The maximum absolute atomic E-state index is 8.08. The number of hydrogen-bond donors (Lipinski definition) is 3. The van der Waals surface area contributed by atoms with Crippen LogP contribution in [0.2, 0.25) is 0 Å². The van der Waals surface area contributed by atoms with Crippen LogP contribution < -0.4 is 5.73 Å². The molecule has 0 unspecified atom stereocenters. The van der Waals surface area contributed by atoms with Crippen LogP contribution >= 0.6 is 0 Å². The van der Waals surface area contributed by atoms with E-state index < -0.39 is 5.79 Å². The highest BCUT2D eigenvalue weighted by molar-refractivity contribution is 5.65. The van der Waals surface area contributed by atoms with E-state index in [2.05, 4.69) is 33.0 Å². The summed E-state index contributed by atoms with van der Waals surface area (Å²) in [5, 5.41) is 20.5. The quantitative estimate of drug-likeness (QED) is 0.612. The fourth-order valence-corrected chi connectivity index (χ4v) is 5.40. The molecule has 0 aromatic carbocycles. The third-order valence-electron chi connectivity index (χ3n) is 7.03. The van der Waals surface area contributed by atoms with Crippen molar-refractivity contribution >= 4 is 11.3 Å². The summed E-state index contributed by atoms with van der Waals surface area (Å²) in [5.74, 6) is -0.980. The first-order valence-corrected chi connectivity index (χ1v) is 11.8. The van der Waals surface area contributed by atoms with Gasteiger partial charge in [0.2, 0.25) is 0 Å².